The highest BCUT2D eigenvalue weighted by Gasteiger charge is 2.67. The lowest BCUT2D eigenvalue weighted by Crippen LogP contribution is -2.63. The predicted molar refractivity (Wildman–Crippen MR) is 117 cm³/mol. The minimum absolute atomic E-state index is 0.0342. The van der Waals surface area contributed by atoms with E-state index in [0.29, 0.717) is 16.7 Å². The fourth-order valence-corrected chi connectivity index (χ4v) is 3.68. The summed E-state index contributed by atoms with van der Waals surface area (Å²) in [6.45, 7) is 1.47. The van der Waals surface area contributed by atoms with Crippen LogP contribution in [0.3, 0.4) is 0 Å². The monoisotopic (exact) mass is 451 g/mol. The van der Waals surface area contributed by atoms with E-state index in [0.717, 1.165) is 4.90 Å². The Balaban J connectivity index is 1.82. The molecule has 5 nitrogen and oxygen atoms in total. The molecule has 0 saturated heterocycles. The number of aryl methyl sites for hydroxylation is 1. The van der Waals surface area contributed by atoms with E-state index in [2.05, 4.69) is 4.99 Å². The molecule has 0 saturated carbocycles. The number of halogens is 3. The van der Waals surface area contributed by atoms with Gasteiger partial charge in [-0.2, -0.15) is 13.2 Å². The molecule has 4 rings (SSSR count). The number of hydrogen-bond acceptors (Lipinski definition) is 3. The second kappa shape index (κ2) is 8.54. The third-order valence-electron chi connectivity index (χ3n) is 5.39. The van der Waals surface area contributed by atoms with E-state index in [1.807, 2.05) is 5.32 Å². The number of hydrogen-bond donors (Lipinski definition) is 1. The van der Waals surface area contributed by atoms with Crippen LogP contribution in [0, 0.1) is 6.92 Å². The van der Waals surface area contributed by atoms with E-state index >= 15 is 0 Å². The molecule has 3 aromatic rings. The Kier molecular flexibility index (Phi) is 5.76. The maximum atomic E-state index is 14.5. The Labute approximate surface area is 188 Å². The molecule has 1 heterocycles. The molecule has 168 valence electrons. The van der Waals surface area contributed by atoms with Gasteiger partial charge in [0.05, 0.1) is 6.54 Å². The van der Waals surface area contributed by atoms with Gasteiger partial charge in [-0.15, -0.1) is 0 Å². The molecule has 0 unspecified atom stereocenters. The summed E-state index contributed by atoms with van der Waals surface area (Å²) in [6, 6.07) is 23.0. The van der Waals surface area contributed by atoms with E-state index in [4.69, 9.17) is 0 Å². The number of nitrogens with zero attached hydrogens (tertiary/aromatic N) is 2. The first-order valence-electron chi connectivity index (χ1n) is 10.2. The molecule has 2 amide bonds. The van der Waals surface area contributed by atoms with Gasteiger partial charge in [0.15, 0.2) is 0 Å². The first kappa shape index (κ1) is 22.3. The highest BCUT2D eigenvalue weighted by molar-refractivity contribution is 6.16. The molecule has 1 aliphatic heterocycles. The predicted octanol–water partition coefficient (Wildman–Crippen LogP) is 4.47. The lowest BCUT2D eigenvalue weighted by molar-refractivity contribution is -0.196. The summed E-state index contributed by atoms with van der Waals surface area (Å²) in [5, 5.41) is 1.91. The van der Waals surface area contributed by atoms with Gasteiger partial charge in [0.2, 0.25) is 0 Å². The van der Waals surface area contributed by atoms with E-state index in [-0.39, 0.29) is 17.9 Å². The fraction of sp³-hybridized carbons (Fsp3) is 0.160. The Morgan fingerprint density at radius 3 is 2.12 bits per heavy atom. The minimum Gasteiger partial charge on any atom is -0.312 e. The molecule has 0 spiro atoms. The average Bonchev–Trinajstić information content (AvgIpc) is 3.08. The van der Waals surface area contributed by atoms with E-state index in [9.17, 15) is 22.8 Å². The summed E-state index contributed by atoms with van der Waals surface area (Å²) in [6.07, 6.45) is -5.17. The van der Waals surface area contributed by atoms with Gasteiger partial charge >= 0.3 is 11.8 Å². The zero-order chi connectivity index (χ0) is 23.6. The number of amides is 2. The number of benzene rings is 3. The number of carbonyl (C=O) groups is 2. The number of alkyl halides is 3. The van der Waals surface area contributed by atoms with Gasteiger partial charge in [0.1, 0.15) is 5.84 Å². The maximum absolute atomic E-state index is 14.5. The number of nitrogens with one attached hydrogen (secondary N) is 1. The molecule has 0 fully saturated rings. The SMILES string of the molecule is Cc1ccccc1C(=O)N[C@]1(C(F)(F)F)N=C(c2ccccc2)N(Cc2ccccc2)C1=O. The summed E-state index contributed by atoms with van der Waals surface area (Å²) in [4.78, 5) is 31.1. The number of rotatable bonds is 5. The van der Waals surface area contributed by atoms with Crippen LogP contribution in [0.2, 0.25) is 0 Å². The molecule has 0 aromatic heterocycles. The van der Waals surface area contributed by atoms with Crippen LogP contribution in [-0.2, 0) is 11.3 Å². The van der Waals surface area contributed by atoms with Crippen molar-refractivity contribution in [3.05, 3.63) is 107 Å². The van der Waals surface area contributed by atoms with Crippen molar-refractivity contribution in [1.82, 2.24) is 10.2 Å². The molecule has 1 N–H and O–H groups in total. The molecule has 0 bridgehead atoms. The Bertz CT molecular complexity index is 1210. The third kappa shape index (κ3) is 4.11. The largest absolute Gasteiger partial charge is 0.442 e. The quantitative estimate of drug-likeness (QED) is 0.622. The summed E-state index contributed by atoms with van der Waals surface area (Å²) >= 11 is 0. The molecule has 33 heavy (non-hydrogen) atoms. The summed E-state index contributed by atoms with van der Waals surface area (Å²) in [5.41, 5.74) is -1.97. The minimum atomic E-state index is -5.17. The molecule has 0 aliphatic carbocycles. The Morgan fingerprint density at radius 2 is 1.52 bits per heavy atom. The second-order valence-electron chi connectivity index (χ2n) is 7.66. The van der Waals surface area contributed by atoms with E-state index in [1.165, 1.54) is 6.07 Å². The number of amidine groups is 1. The lowest BCUT2D eigenvalue weighted by Gasteiger charge is -2.29. The van der Waals surface area contributed by atoms with Gasteiger partial charge in [-0.1, -0.05) is 78.9 Å². The van der Waals surface area contributed by atoms with Crippen molar-refractivity contribution >= 4 is 17.6 Å². The van der Waals surface area contributed by atoms with Crippen LogP contribution in [0.4, 0.5) is 13.2 Å². The van der Waals surface area contributed by atoms with Gasteiger partial charge in [-0.3, -0.25) is 14.5 Å². The summed E-state index contributed by atoms with van der Waals surface area (Å²) in [5.74, 6) is -2.55. The van der Waals surface area contributed by atoms with Gasteiger partial charge in [-0.05, 0) is 24.1 Å². The molecule has 1 atom stereocenters. The Morgan fingerprint density at radius 1 is 0.939 bits per heavy atom. The summed E-state index contributed by atoms with van der Waals surface area (Å²) < 4.78 is 43.4. The van der Waals surface area contributed by atoms with Crippen molar-refractivity contribution < 1.29 is 22.8 Å². The summed E-state index contributed by atoms with van der Waals surface area (Å²) in [7, 11) is 0. The van der Waals surface area contributed by atoms with Crippen molar-refractivity contribution in [3.8, 4) is 0 Å². The van der Waals surface area contributed by atoms with Crippen LogP contribution in [0.25, 0.3) is 0 Å². The zero-order valence-corrected chi connectivity index (χ0v) is 17.6. The molecule has 8 heteroatoms. The van der Waals surface area contributed by atoms with Gasteiger partial charge in [0, 0.05) is 11.1 Å². The molecule has 3 aromatic carbocycles. The van der Waals surface area contributed by atoms with Crippen molar-refractivity contribution in [2.75, 3.05) is 0 Å². The van der Waals surface area contributed by atoms with Crippen molar-refractivity contribution in [3.63, 3.8) is 0 Å². The van der Waals surface area contributed by atoms with Gasteiger partial charge in [-0.25, -0.2) is 4.99 Å². The first-order chi connectivity index (χ1) is 15.7. The van der Waals surface area contributed by atoms with Crippen LogP contribution in [0.15, 0.2) is 89.9 Å². The number of aliphatic imine (C=N–C) groups is 1. The highest BCUT2D eigenvalue weighted by Crippen LogP contribution is 2.39. The van der Waals surface area contributed by atoms with Gasteiger partial charge in [0.25, 0.3) is 11.8 Å². The number of carbonyl (C=O) groups excluding carboxylic acids is 2. The lowest BCUT2D eigenvalue weighted by atomic mass is 10.1. The van der Waals surface area contributed by atoms with Crippen LogP contribution in [0.5, 0.6) is 0 Å². The van der Waals surface area contributed by atoms with Crippen LogP contribution < -0.4 is 5.32 Å². The van der Waals surface area contributed by atoms with E-state index < -0.39 is 23.7 Å². The molecule has 1 aliphatic rings. The highest BCUT2D eigenvalue weighted by atomic mass is 19.4. The smallest absolute Gasteiger partial charge is 0.312 e. The standard InChI is InChI=1S/C25H20F3N3O2/c1-17-10-8-9-15-20(17)22(32)30-24(25(26,27)28)23(33)31(16-18-11-4-2-5-12-18)21(29-24)19-13-6-3-7-14-19/h2-15H,16H2,1H3,(H,30,32)/t24-/m1/s1. The fourth-order valence-electron chi connectivity index (χ4n) is 3.68. The zero-order valence-electron chi connectivity index (χ0n) is 17.6. The topological polar surface area (TPSA) is 61.8 Å². The van der Waals surface area contributed by atoms with Gasteiger partial charge < -0.3 is 5.32 Å². The van der Waals surface area contributed by atoms with Crippen LogP contribution in [0.1, 0.15) is 27.0 Å². The first-order valence-corrected chi connectivity index (χ1v) is 10.2. The van der Waals surface area contributed by atoms with Crippen LogP contribution in [-0.4, -0.2) is 34.4 Å². The molecule has 0 radical (unpaired) electrons. The molecular weight excluding hydrogens is 431 g/mol. The third-order valence-corrected chi connectivity index (χ3v) is 5.39. The van der Waals surface area contributed by atoms with Crippen LogP contribution >= 0.6 is 0 Å². The van der Waals surface area contributed by atoms with Crippen molar-refractivity contribution in [2.24, 2.45) is 4.99 Å². The normalized spacial score (nSPS) is 18.2. The Hall–Kier alpha value is -3.94. The average molecular weight is 451 g/mol. The van der Waals surface area contributed by atoms with E-state index in [1.54, 1.807) is 85.8 Å². The molecular formula is C25H20F3N3O2. The van der Waals surface area contributed by atoms with Crippen molar-refractivity contribution in [2.45, 2.75) is 25.3 Å². The second-order valence-corrected chi connectivity index (χ2v) is 7.66. The maximum Gasteiger partial charge on any atom is 0.442 e. The van der Waals surface area contributed by atoms with Crippen molar-refractivity contribution in [1.29, 1.82) is 0 Å².